The van der Waals surface area contributed by atoms with Crippen molar-refractivity contribution in [3.05, 3.63) is 29.0 Å². The molecule has 0 aliphatic carbocycles. The van der Waals surface area contributed by atoms with Gasteiger partial charge in [-0.25, -0.2) is 4.39 Å². The molecule has 82 valence electrons. The molecule has 1 fully saturated rings. The molecule has 0 bridgehead atoms. The summed E-state index contributed by atoms with van der Waals surface area (Å²) in [6.07, 6.45) is -1.55. The monoisotopic (exact) mass is 231 g/mol. The summed E-state index contributed by atoms with van der Waals surface area (Å²) in [5, 5.41) is 18.8. The van der Waals surface area contributed by atoms with Crippen LogP contribution in [0.3, 0.4) is 0 Å². The first kappa shape index (κ1) is 10.7. The standard InChI is InChI=1S/C10H11ClFNO2/c11-7-2-1-6(3-8(7)12)13-4-9(14)10(15)5-13/h1-3,9-10,14-15H,4-5H2/t9-,10-/m1/s1. The summed E-state index contributed by atoms with van der Waals surface area (Å²) in [6.45, 7) is 0.616. The van der Waals surface area contributed by atoms with E-state index in [1.165, 1.54) is 12.1 Å². The molecular weight excluding hydrogens is 221 g/mol. The molecule has 0 aromatic heterocycles. The molecule has 0 amide bonds. The normalized spacial score (nSPS) is 26.0. The van der Waals surface area contributed by atoms with Crippen LogP contribution in [0.25, 0.3) is 0 Å². The average Bonchev–Trinajstić information content (AvgIpc) is 2.52. The number of hydrogen-bond donors (Lipinski definition) is 2. The fourth-order valence-corrected chi connectivity index (χ4v) is 1.78. The first-order valence-electron chi connectivity index (χ1n) is 4.64. The molecule has 0 unspecified atom stereocenters. The second-order valence-corrected chi connectivity index (χ2v) is 4.05. The second-order valence-electron chi connectivity index (χ2n) is 3.64. The Morgan fingerprint density at radius 3 is 2.40 bits per heavy atom. The number of hydrogen-bond acceptors (Lipinski definition) is 3. The lowest BCUT2D eigenvalue weighted by atomic mass is 10.3. The molecule has 2 N–H and O–H groups in total. The van der Waals surface area contributed by atoms with Gasteiger partial charge in [-0.15, -0.1) is 0 Å². The van der Waals surface area contributed by atoms with Crippen LogP contribution in [0.5, 0.6) is 0 Å². The smallest absolute Gasteiger partial charge is 0.143 e. The Bertz CT molecular complexity index is 364. The van der Waals surface area contributed by atoms with Gasteiger partial charge in [-0.2, -0.15) is 0 Å². The Hall–Kier alpha value is -0.840. The highest BCUT2D eigenvalue weighted by molar-refractivity contribution is 6.30. The van der Waals surface area contributed by atoms with E-state index in [-0.39, 0.29) is 5.02 Å². The number of nitrogens with zero attached hydrogens (tertiary/aromatic N) is 1. The molecule has 1 aliphatic rings. The molecule has 1 saturated heterocycles. The minimum Gasteiger partial charge on any atom is -0.389 e. The molecule has 1 aromatic rings. The van der Waals surface area contributed by atoms with Crippen LogP contribution in [0, 0.1) is 5.82 Å². The number of aliphatic hydroxyl groups excluding tert-OH is 2. The van der Waals surface area contributed by atoms with Gasteiger partial charge in [-0.05, 0) is 18.2 Å². The Kier molecular flexibility index (Phi) is 2.82. The molecule has 3 nitrogen and oxygen atoms in total. The fourth-order valence-electron chi connectivity index (χ4n) is 1.66. The van der Waals surface area contributed by atoms with E-state index in [9.17, 15) is 14.6 Å². The predicted molar refractivity (Wildman–Crippen MR) is 55.6 cm³/mol. The zero-order valence-electron chi connectivity index (χ0n) is 7.90. The van der Waals surface area contributed by atoms with Crippen LogP contribution in [0.2, 0.25) is 5.02 Å². The number of halogens is 2. The Balaban J connectivity index is 2.20. The summed E-state index contributed by atoms with van der Waals surface area (Å²) < 4.78 is 13.1. The minimum absolute atomic E-state index is 0.0686. The number of anilines is 1. The van der Waals surface area contributed by atoms with Crippen molar-refractivity contribution in [2.75, 3.05) is 18.0 Å². The van der Waals surface area contributed by atoms with Crippen LogP contribution in [0.1, 0.15) is 0 Å². The van der Waals surface area contributed by atoms with Gasteiger partial charge in [-0.3, -0.25) is 0 Å². The Labute approximate surface area is 91.7 Å². The molecule has 2 atom stereocenters. The van der Waals surface area contributed by atoms with E-state index in [1.807, 2.05) is 0 Å². The van der Waals surface area contributed by atoms with Crippen molar-refractivity contribution in [3.63, 3.8) is 0 Å². The van der Waals surface area contributed by atoms with Crippen molar-refractivity contribution in [1.82, 2.24) is 0 Å². The van der Waals surface area contributed by atoms with Crippen LogP contribution in [0.15, 0.2) is 18.2 Å². The lowest BCUT2D eigenvalue weighted by Crippen LogP contribution is -2.22. The van der Waals surface area contributed by atoms with E-state index in [2.05, 4.69) is 0 Å². The van der Waals surface area contributed by atoms with Crippen molar-refractivity contribution in [1.29, 1.82) is 0 Å². The number of β-amino-alcohol motifs (C(OH)–C–C–N with tert-alkyl or cyclic N) is 2. The Morgan fingerprint density at radius 2 is 1.87 bits per heavy atom. The van der Waals surface area contributed by atoms with Crippen molar-refractivity contribution in [3.8, 4) is 0 Å². The molecule has 2 rings (SSSR count). The van der Waals surface area contributed by atoms with Crippen LogP contribution in [-0.2, 0) is 0 Å². The van der Waals surface area contributed by atoms with Gasteiger partial charge in [0.1, 0.15) is 5.82 Å². The lowest BCUT2D eigenvalue weighted by molar-refractivity contribution is 0.0572. The second kappa shape index (κ2) is 3.96. The van der Waals surface area contributed by atoms with Gasteiger partial charge in [0.05, 0.1) is 17.2 Å². The van der Waals surface area contributed by atoms with Gasteiger partial charge in [0.2, 0.25) is 0 Å². The molecule has 1 aliphatic heterocycles. The van der Waals surface area contributed by atoms with Crippen molar-refractivity contribution >= 4 is 17.3 Å². The zero-order valence-corrected chi connectivity index (χ0v) is 8.65. The highest BCUT2D eigenvalue weighted by Gasteiger charge is 2.29. The minimum atomic E-state index is -0.774. The molecule has 5 heteroatoms. The molecule has 1 aromatic carbocycles. The van der Waals surface area contributed by atoms with Gasteiger partial charge >= 0.3 is 0 Å². The summed E-state index contributed by atoms with van der Waals surface area (Å²) >= 11 is 5.55. The van der Waals surface area contributed by atoms with Gasteiger partial charge in [0, 0.05) is 18.8 Å². The summed E-state index contributed by atoms with van der Waals surface area (Å²) in [4.78, 5) is 1.72. The van der Waals surface area contributed by atoms with Gasteiger partial charge < -0.3 is 15.1 Å². The van der Waals surface area contributed by atoms with E-state index < -0.39 is 18.0 Å². The largest absolute Gasteiger partial charge is 0.389 e. The van der Waals surface area contributed by atoms with Gasteiger partial charge in [-0.1, -0.05) is 11.6 Å². The quantitative estimate of drug-likeness (QED) is 0.759. The maximum Gasteiger partial charge on any atom is 0.143 e. The summed E-state index contributed by atoms with van der Waals surface area (Å²) in [5.74, 6) is -0.495. The SMILES string of the molecule is O[C@@H]1CN(c2ccc(Cl)c(F)c2)C[C@H]1O. The van der Waals surface area contributed by atoms with Crippen molar-refractivity contribution < 1.29 is 14.6 Å². The van der Waals surface area contributed by atoms with E-state index >= 15 is 0 Å². The van der Waals surface area contributed by atoms with Crippen molar-refractivity contribution in [2.45, 2.75) is 12.2 Å². The molecule has 0 saturated carbocycles. The third-order valence-corrected chi connectivity index (χ3v) is 2.83. The van der Waals surface area contributed by atoms with E-state index in [0.29, 0.717) is 18.8 Å². The Morgan fingerprint density at radius 1 is 1.27 bits per heavy atom. The lowest BCUT2D eigenvalue weighted by Gasteiger charge is -2.17. The molecule has 15 heavy (non-hydrogen) atoms. The molecule has 1 heterocycles. The third-order valence-electron chi connectivity index (χ3n) is 2.53. The van der Waals surface area contributed by atoms with Crippen LogP contribution in [-0.4, -0.2) is 35.5 Å². The fraction of sp³-hybridized carbons (Fsp3) is 0.400. The number of aliphatic hydroxyl groups is 2. The third kappa shape index (κ3) is 2.07. The molecule has 0 radical (unpaired) electrons. The number of benzene rings is 1. The van der Waals surface area contributed by atoms with Gasteiger partial charge in [0.15, 0.2) is 0 Å². The highest BCUT2D eigenvalue weighted by atomic mass is 35.5. The van der Waals surface area contributed by atoms with E-state index in [1.54, 1.807) is 11.0 Å². The topological polar surface area (TPSA) is 43.7 Å². The average molecular weight is 232 g/mol. The van der Waals surface area contributed by atoms with Crippen LogP contribution in [0.4, 0.5) is 10.1 Å². The maximum absolute atomic E-state index is 13.1. The summed E-state index contributed by atoms with van der Waals surface area (Å²) in [5.41, 5.74) is 0.618. The summed E-state index contributed by atoms with van der Waals surface area (Å²) in [7, 11) is 0. The van der Waals surface area contributed by atoms with Crippen molar-refractivity contribution in [2.24, 2.45) is 0 Å². The maximum atomic E-state index is 13.1. The van der Waals surface area contributed by atoms with Crippen LogP contribution < -0.4 is 4.90 Å². The van der Waals surface area contributed by atoms with Crippen LogP contribution >= 0.6 is 11.6 Å². The number of rotatable bonds is 1. The first-order chi connectivity index (χ1) is 7.08. The summed E-state index contributed by atoms with van der Waals surface area (Å²) in [6, 6.07) is 4.42. The zero-order chi connectivity index (χ0) is 11.0. The predicted octanol–water partition coefficient (Wildman–Crippen LogP) is 1.02. The molecule has 0 spiro atoms. The van der Waals surface area contributed by atoms with Gasteiger partial charge in [0.25, 0.3) is 0 Å². The first-order valence-corrected chi connectivity index (χ1v) is 5.02. The highest BCUT2D eigenvalue weighted by Crippen LogP contribution is 2.25. The van der Waals surface area contributed by atoms with E-state index in [0.717, 1.165) is 0 Å². The van der Waals surface area contributed by atoms with E-state index in [4.69, 9.17) is 11.6 Å². The molecular formula is C10H11ClFNO2.